The lowest BCUT2D eigenvalue weighted by Crippen LogP contribution is -2.33. The molecule has 1 aliphatic rings. The van der Waals surface area contributed by atoms with Crippen molar-refractivity contribution < 1.29 is 8.42 Å². The third-order valence-electron chi connectivity index (χ3n) is 4.05. The maximum atomic E-state index is 12.6. The maximum Gasteiger partial charge on any atom is 0.241 e. The fourth-order valence-electron chi connectivity index (χ4n) is 2.72. The molecular weight excluding hydrogens is 294 g/mol. The molecule has 0 saturated carbocycles. The molecule has 0 fully saturated rings. The molecule has 3 nitrogen and oxygen atoms in total. The Morgan fingerprint density at radius 1 is 1.00 bits per heavy atom. The SMILES string of the molecule is Cc1ccc(S(=O)(=O)N[C@H]2c3ccccc3C=C[C@H]2C)cc1. The van der Waals surface area contributed by atoms with Crippen molar-refractivity contribution in [3.8, 4) is 0 Å². The van der Waals surface area contributed by atoms with Crippen LogP contribution in [-0.4, -0.2) is 8.42 Å². The van der Waals surface area contributed by atoms with Gasteiger partial charge in [-0.05, 0) is 36.1 Å². The summed E-state index contributed by atoms with van der Waals surface area (Å²) in [4.78, 5) is 0.303. The van der Waals surface area contributed by atoms with Gasteiger partial charge in [-0.3, -0.25) is 0 Å². The molecule has 0 aromatic heterocycles. The van der Waals surface area contributed by atoms with E-state index in [2.05, 4.69) is 10.8 Å². The highest BCUT2D eigenvalue weighted by atomic mass is 32.2. The molecule has 3 rings (SSSR count). The molecule has 0 unspecified atom stereocenters. The minimum absolute atomic E-state index is 0.107. The van der Waals surface area contributed by atoms with Crippen LogP contribution in [0.25, 0.3) is 6.08 Å². The quantitative estimate of drug-likeness (QED) is 0.939. The number of sulfonamides is 1. The van der Waals surface area contributed by atoms with Crippen molar-refractivity contribution in [2.75, 3.05) is 0 Å². The molecule has 0 aliphatic heterocycles. The summed E-state index contributed by atoms with van der Waals surface area (Å²) in [6.45, 7) is 3.96. The lowest BCUT2D eigenvalue weighted by molar-refractivity contribution is 0.494. The first-order chi connectivity index (χ1) is 10.5. The van der Waals surface area contributed by atoms with E-state index < -0.39 is 10.0 Å². The predicted molar refractivity (Wildman–Crippen MR) is 88.9 cm³/mol. The molecule has 0 amide bonds. The van der Waals surface area contributed by atoms with Crippen molar-refractivity contribution in [1.82, 2.24) is 4.72 Å². The van der Waals surface area contributed by atoms with E-state index in [1.807, 2.05) is 56.3 Å². The van der Waals surface area contributed by atoms with Crippen LogP contribution in [0, 0.1) is 12.8 Å². The highest BCUT2D eigenvalue weighted by molar-refractivity contribution is 7.89. The van der Waals surface area contributed by atoms with E-state index in [-0.39, 0.29) is 12.0 Å². The number of nitrogens with one attached hydrogen (secondary N) is 1. The van der Waals surface area contributed by atoms with Gasteiger partial charge in [-0.15, -0.1) is 0 Å². The number of rotatable bonds is 3. The lowest BCUT2D eigenvalue weighted by atomic mass is 9.86. The summed E-state index contributed by atoms with van der Waals surface area (Å²) in [6, 6.07) is 14.6. The highest BCUT2D eigenvalue weighted by Gasteiger charge is 2.28. The van der Waals surface area contributed by atoms with Crippen LogP contribution in [0.1, 0.15) is 29.7 Å². The van der Waals surface area contributed by atoms with E-state index in [1.54, 1.807) is 12.1 Å². The molecule has 4 heteroatoms. The van der Waals surface area contributed by atoms with Gasteiger partial charge in [0.05, 0.1) is 10.9 Å². The second kappa shape index (κ2) is 5.71. The van der Waals surface area contributed by atoms with Crippen LogP contribution < -0.4 is 4.72 Å². The van der Waals surface area contributed by atoms with Crippen LogP contribution in [0.15, 0.2) is 59.5 Å². The Labute approximate surface area is 131 Å². The standard InChI is InChI=1S/C18H19NO2S/c1-13-7-11-16(12-8-13)22(20,21)19-18-14(2)9-10-15-5-3-4-6-17(15)18/h3-12,14,18-19H,1-2H3/t14-,18-/m1/s1. The molecule has 2 atom stereocenters. The molecule has 2 aromatic rings. The third kappa shape index (κ3) is 2.85. The summed E-state index contributed by atoms with van der Waals surface area (Å²) in [5, 5.41) is 0. The van der Waals surface area contributed by atoms with E-state index >= 15 is 0 Å². The molecule has 0 spiro atoms. The summed E-state index contributed by atoms with van der Waals surface area (Å²) >= 11 is 0. The van der Waals surface area contributed by atoms with Gasteiger partial charge in [-0.2, -0.15) is 0 Å². The molecule has 2 aromatic carbocycles. The number of benzene rings is 2. The Hall–Kier alpha value is -1.91. The van der Waals surface area contributed by atoms with E-state index in [1.165, 1.54) is 0 Å². The van der Waals surface area contributed by atoms with E-state index in [4.69, 9.17) is 0 Å². The zero-order valence-electron chi connectivity index (χ0n) is 12.7. The molecule has 0 radical (unpaired) electrons. The number of hydrogen-bond donors (Lipinski definition) is 1. The second-order valence-electron chi connectivity index (χ2n) is 5.76. The smallest absolute Gasteiger partial charge is 0.207 e. The van der Waals surface area contributed by atoms with Crippen LogP contribution in [0.2, 0.25) is 0 Å². The average molecular weight is 313 g/mol. The van der Waals surface area contributed by atoms with Gasteiger partial charge in [0.2, 0.25) is 10.0 Å². The van der Waals surface area contributed by atoms with E-state index in [0.29, 0.717) is 4.90 Å². The average Bonchev–Trinajstić information content (AvgIpc) is 2.50. The van der Waals surface area contributed by atoms with Crippen LogP contribution in [0.3, 0.4) is 0 Å². The first kappa shape index (κ1) is 15.0. The van der Waals surface area contributed by atoms with Gasteiger partial charge in [0.25, 0.3) is 0 Å². The van der Waals surface area contributed by atoms with E-state index in [9.17, 15) is 8.42 Å². The fourth-order valence-corrected chi connectivity index (χ4v) is 4.03. The summed E-state index contributed by atoms with van der Waals surface area (Å²) in [6.07, 6.45) is 4.10. The molecule has 1 N–H and O–H groups in total. The Bertz CT molecular complexity index is 807. The molecule has 114 valence electrons. The second-order valence-corrected chi connectivity index (χ2v) is 7.47. The summed E-state index contributed by atoms with van der Waals surface area (Å²) in [5.41, 5.74) is 3.13. The first-order valence-corrected chi connectivity index (χ1v) is 8.82. The minimum atomic E-state index is -3.54. The molecule has 1 aliphatic carbocycles. The lowest BCUT2D eigenvalue weighted by Gasteiger charge is -2.28. The predicted octanol–water partition coefficient (Wildman–Crippen LogP) is 3.68. The third-order valence-corrected chi connectivity index (χ3v) is 5.51. The van der Waals surface area contributed by atoms with Crippen LogP contribution >= 0.6 is 0 Å². The van der Waals surface area contributed by atoms with Gasteiger partial charge in [0.15, 0.2) is 0 Å². The number of fused-ring (bicyclic) bond motifs is 1. The van der Waals surface area contributed by atoms with Gasteiger partial charge < -0.3 is 0 Å². The molecule has 0 bridgehead atoms. The molecular formula is C18H19NO2S. The van der Waals surface area contributed by atoms with Gasteiger partial charge >= 0.3 is 0 Å². The molecule has 22 heavy (non-hydrogen) atoms. The normalized spacial score (nSPS) is 20.6. The zero-order chi connectivity index (χ0) is 15.7. The topological polar surface area (TPSA) is 46.2 Å². The van der Waals surface area contributed by atoms with Crippen molar-refractivity contribution in [3.63, 3.8) is 0 Å². The highest BCUT2D eigenvalue weighted by Crippen LogP contribution is 2.33. The van der Waals surface area contributed by atoms with E-state index in [0.717, 1.165) is 16.7 Å². The summed E-state index contributed by atoms with van der Waals surface area (Å²) < 4.78 is 28.1. The van der Waals surface area contributed by atoms with Crippen LogP contribution in [0.4, 0.5) is 0 Å². The van der Waals surface area contributed by atoms with Crippen LogP contribution in [-0.2, 0) is 10.0 Å². The van der Waals surface area contributed by atoms with Crippen molar-refractivity contribution >= 4 is 16.1 Å². The van der Waals surface area contributed by atoms with Gasteiger partial charge in [0.1, 0.15) is 0 Å². The number of aryl methyl sites for hydroxylation is 1. The van der Waals surface area contributed by atoms with Crippen molar-refractivity contribution in [1.29, 1.82) is 0 Å². The van der Waals surface area contributed by atoms with Crippen molar-refractivity contribution in [2.45, 2.75) is 24.8 Å². The fraction of sp³-hybridized carbons (Fsp3) is 0.222. The van der Waals surface area contributed by atoms with Crippen molar-refractivity contribution in [2.24, 2.45) is 5.92 Å². The summed E-state index contributed by atoms with van der Waals surface area (Å²) in [5.74, 6) is 0.107. The largest absolute Gasteiger partial charge is 0.241 e. The monoisotopic (exact) mass is 313 g/mol. The summed E-state index contributed by atoms with van der Waals surface area (Å²) in [7, 11) is -3.54. The Morgan fingerprint density at radius 2 is 1.68 bits per heavy atom. The Morgan fingerprint density at radius 3 is 2.41 bits per heavy atom. The first-order valence-electron chi connectivity index (χ1n) is 7.33. The molecule has 0 heterocycles. The zero-order valence-corrected chi connectivity index (χ0v) is 13.5. The Balaban J connectivity index is 1.95. The van der Waals surface area contributed by atoms with Crippen molar-refractivity contribution in [3.05, 3.63) is 71.3 Å². The van der Waals surface area contributed by atoms with Gasteiger partial charge in [-0.1, -0.05) is 61.0 Å². The Kier molecular flexibility index (Phi) is 3.89. The van der Waals surface area contributed by atoms with Gasteiger partial charge in [-0.25, -0.2) is 13.1 Å². The minimum Gasteiger partial charge on any atom is -0.207 e. The number of hydrogen-bond acceptors (Lipinski definition) is 2. The molecule has 0 saturated heterocycles. The van der Waals surface area contributed by atoms with Crippen LogP contribution in [0.5, 0.6) is 0 Å². The van der Waals surface area contributed by atoms with Gasteiger partial charge in [0, 0.05) is 0 Å². The maximum absolute atomic E-state index is 12.6.